The minimum Gasteiger partial charge on any atom is -0.323 e. The topological polar surface area (TPSA) is 66.5 Å². The molecule has 25 heavy (non-hydrogen) atoms. The summed E-state index contributed by atoms with van der Waals surface area (Å²) in [5.41, 5.74) is 2.91. The van der Waals surface area contributed by atoms with Crippen LogP contribution in [0.4, 0.5) is 5.69 Å². The van der Waals surface area contributed by atoms with Gasteiger partial charge in [0, 0.05) is 0 Å². The van der Waals surface area contributed by atoms with Gasteiger partial charge in [0.25, 0.3) is 11.8 Å². The molecule has 0 bridgehead atoms. The monoisotopic (exact) mass is 356 g/mol. The molecule has 0 spiro atoms. The molecule has 0 saturated carbocycles. The highest BCUT2D eigenvalue weighted by atomic mass is 35.5. The Hall–Kier alpha value is -2.66. The van der Waals surface area contributed by atoms with Gasteiger partial charge >= 0.3 is 0 Å². The third-order valence-electron chi connectivity index (χ3n) is 4.27. The minimum atomic E-state index is -0.954. The molecule has 1 heterocycles. The van der Waals surface area contributed by atoms with Crippen LogP contribution in [-0.4, -0.2) is 28.7 Å². The Morgan fingerprint density at radius 2 is 1.64 bits per heavy atom. The summed E-state index contributed by atoms with van der Waals surface area (Å²) in [6.45, 7) is 5.27. The van der Waals surface area contributed by atoms with Crippen molar-refractivity contribution in [1.29, 1.82) is 0 Å². The van der Waals surface area contributed by atoms with E-state index >= 15 is 0 Å². The second-order valence-corrected chi connectivity index (χ2v) is 6.54. The summed E-state index contributed by atoms with van der Waals surface area (Å²) in [7, 11) is 0. The van der Waals surface area contributed by atoms with Crippen LogP contribution in [0.3, 0.4) is 0 Å². The molecule has 1 N–H and O–H groups in total. The van der Waals surface area contributed by atoms with Gasteiger partial charge in [-0.3, -0.25) is 19.3 Å². The predicted octanol–water partition coefficient (Wildman–Crippen LogP) is 3.58. The van der Waals surface area contributed by atoms with E-state index in [-0.39, 0.29) is 0 Å². The highest BCUT2D eigenvalue weighted by molar-refractivity contribution is 6.34. The Kier molecular flexibility index (Phi) is 4.35. The number of anilines is 1. The van der Waals surface area contributed by atoms with Gasteiger partial charge < -0.3 is 5.32 Å². The SMILES string of the molecule is Cc1cc(C)c(NC(=O)C(C)N2C(=O)c3ccccc3C2=O)c(Cl)c1. The van der Waals surface area contributed by atoms with Crippen molar-refractivity contribution in [3.63, 3.8) is 0 Å². The lowest BCUT2D eigenvalue weighted by Crippen LogP contribution is -2.45. The lowest BCUT2D eigenvalue weighted by atomic mass is 10.1. The van der Waals surface area contributed by atoms with Crippen LogP contribution in [0.5, 0.6) is 0 Å². The standard InChI is InChI=1S/C19H17ClN2O3/c1-10-8-11(2)16(15(20)9-10)21-17(23)12(3)22-18(24)13-6-4-5-7-14(13)19(22)25/h4-9,12H,1-3H3,(H,21,23). The molecule has 0 radical (unpaired) electrons. The van der Waals surface area contributed by atoms with Crippen molar-refractivity contribution < 1.29 is 14.4 Å². The summed E-state index contributed by atoms with van der Waals surface area (Å²) < 4.78 is 0. The zero-order chi connectivity index (χ0) is 18.3. The molecule has 3 rings (SSSR count). The molecule has 0 fully saturated rings. The van der Waals surface area contributed by atoms with Crippen LogP contribution in [0, 0.1) is 13.8 Å². The molecule has 2 aromatic carbocycles. The summed E-state index contributed by atoms with van der Waals surface area (Å²) in [6.07, 6.45) is 0. The van der Waals surface area contributed by atoms with Crippen LogP contribution in [0.15, 0.2) is 36.4 Å². The van der Waals surface area contributed by atoms with Crippen LogP contribution >= 0.6 is 11.6 Å². The summed E-state index contributed by atoms with van der Waals surface area (Å²) >= 11 is 6.21. The van der Waals surface area contributed by atoms with E-state index in [0.29, 0.717) is 21.8 Å². The van der Waals surface area contributed by atoms with Gasteiger partial charge in [-0.15, -0.1) is 0 Å². The zero-order valence-corrected chi connectivity index (χ0v) is 14.8. The number of hydrogen-bond acceptors (Lipinski definition) is 3. The fourth-order valence-electron chi connectivity index (χ4n) is 2.98. The molecule has 1 aliphatic rings. The van der Waals surface area contributed by atoms with E-state index < -0.39 is 23.8 Å². The van der Waals surface area contributed by atoms with Gasteiger partial charge in [-0.1, -0.05) is 29.8 Å². The number of halogens is 1. The van der Waals surface area contributed by atoms with Crippen LogP contribution in [-0.2, 0) is 4.79 Å². The Labute approximate surface area is 150 Å². The number of imide groups is 1. The highest BCUT2D eigenvalue weighted by Crippen LogP contribution is 2.29. The summed E-state index contributed by atoms with van der Waals surface area (Å²) in [4.78, 5) is 38.6. The van der Waals surface area contributed by atoms with Crippen molar-refractivity contribution in [1.82, 2.24) is 4.90 Å². The van der Waals surface area contributed by atoms with Crippen LogP contribution in [0.2, 0.25) is 5.02 Å². The number of benzene rings is 2. The van der Waals surface area contributed by atoms with Crippen LogP contribution < -0.4 is 5.32 Å². The van der Waals surface area contributed by atoms with Gasteiger partial charge in [0.2, 0.25) is 5.91 Å². The molecule has 0 aromatic heterocycles. The number of carbonyl (C=O) groups is 3. The van der Waals surface area contributed by atoms with E-state index in [0.717, 1.165) is 16.0 Å². The normalized spacial score (nSPS) is 14.5. The summed E-state index contributed by atoms with van der Waals surface area (Å²) in [5.74, 6) is -1.40. The Morgan fingerprint density at radius 3 is 2.16 bits per heavy atom. The number of carbonyl (C=O) groups excluding carboxylic acids is 3. The molecule has 0 aliphatic carbocycles. The van der Waals surface area contributed by atoms with Gasteiger partial charge in [-0.2, -0.15) is 0 Å². The average molecular weight is 357 g/mol. The summed E-state index contributed by atoms with van der Waals surface area (Å²) in [5, 5.41) is 3.15. The van der Waals surface area contributed by atoms with Crippen molar-refractivity contribution in [3.05, 3.63) is 63.7 Å². The number of fused-ring (bicyclic) bond motifs is 1. The fraction of sp³-hybridized carbons (Fsp3) is 0.211. The molecule has 1 atom stereocenters. The second kappa shape index (κ2) is 6.33. The first-order valence-corrected chi connectivity index (χ1v) is 8.23. The first-order chi connectivity index (χ1) is 11.8. The average Bonchev–Trinajstić information content (AvgIpc) is 2.82. The predicted molar refractivity (Wildman–Crippen MR) is 96.0 cm³/mol. The van der Waals surface area contributed by atoms with Crippen LogP contribution in [0.25, 0.3) is 0 Å². The van der Waals surface area contributed by atoms with Gasteiger partial charge in [0.05, 0.1) is 21.8 Å². The van der Waals surface area contributed by atoms with Crippen molar-refractivity contribution in [2.45, 2.75) is 26.8 Å². The fourth-order valence-corrected chi connectivity index (χ4v) is 3.35. The van der Waals surface area contributed by atoms with E-state index in [1.54, 1.807) is 30.3 Å². The van der Waals surface area contributed by atoms with E-state index in [4.69, 9.17) is 11.6 Å². The molecule has 1 unspecified atom stereocenters. The van der Waals surface area contributed by atoms with Gasteiger partial charge in [-0.05, 0) is 50.1 Å². The summed E-state index contributed by atoms with van der Waals surface area (Å²) in [6, 6.07) is 9.23. The molecule has 6 heteroatoms. The maximum Gasteiger partial charge on any atom is 0.262 e. The molecule has 1 aliphatic heterocycles. The quantitative estimate of drug-likeness (QED) is 0.855. The number of amides is 3. The van der Waals surface area contributed by atoms with E-state index in [2.05, 4.69) is 5.32 Å². The van der Waals surface area contributed by atoms with Crippen molar-refractivity contribution in [2.75, 3.05) is 5.32 Å². The van der Waals surface area contributed by atoms with Gasteiger partial charge in [-0.25, -0.2) is 0 Å². The van der Waals surface area contributed by atoms with E-state index in [9.17, 15) is 14.4 Å². The largest absolute Gasteiger partial charge is 0.323 e. The third-order valence-corrected chi connectivity index (χ3v) is 4.57. The zero-order valence-electron chi connectivity index (χ0n) is 14.1. The Balaban J connectivity index is 1.85. The molecule has 2 aromatic rings. The number of nitrogens with one attached hydrogen (secondary N) is 1. The second-order valence-electron chi connectivity index (χ2n) is 6.13. The maximum absolute atomic E-state index is 12.6. The molecule has 3 amide bonds. The lowest BCUT2D eigenvalue weighted by Gasteiger charge is -2.22. The first kappa shape index (κ1) is 17.2. The van der Waals surface area contributed by atoms with Crippen molar-refractivity contribution >= 4 is 35.0 Å². The Morgan fingerprint density at radius 1 is 1.08 bits per heavy atom. The van der Waals surface area contributed by atoms with E-state index in [1.807, 2.05) is 19.9 Å². The molecular formula is C19H17ClN2O3. The van der Waals surface area contributed by atoms with Gasteiger partial charge in [0.15, 0.2) is 0 Å². The lowest BCUT2D eigenvalue weighted by molar-refractivity contribution is -0.119. The highest BCUT2D eigenvalue weighted by Gasteiger charge is 2.40. The molecular weight excluding hydrogens is 340 g/mol. The van der Waals surface area contributed by atoms with E-state index in [1.165, 1.54) is 6.92 Å². The number of hydrogen-bond donors (Lipinski definition) is 1. The smallest absolute Gasteiger partial charge is 0.262 e. The van der Waals surface area contributed by atoms with Crippen molar-refractivity contribution in [3.8, 4) is 0 Å². The number of aryl methyl sites for hydroxylation is 2. The maximum atomic E-state index is 12.6. The van der Waals surface area contributed by atoms with Crippen LogP contribution in [0.1, 0.15) is 38.8 Å². The number of rotatable bonds is 3. The number of nitrogens with zero attached hydrogens (tertiary/aromatic N) is 1. The Bertz CT molecular complexity index is 849. The first-order valence-electron chi connectivity index (χ1n) is 7.85. The third kappa shape index (κ3) is 2.91. The minimum absolute atomic E-state index is 0.316. The molecule has 0 saturated heterocycles. The molecule has 128 valence electrons. The molecule has 5 nitrogen and oxygen atoms in total. The van der Waals surface area contributed by atoms with Crippen molar-refractivity contribution in [2.24, 2.45) is 0 Å². The van der Waals surface area contributed by atoms with Gasteiger partial charge in [0.1, 0.15) is 6.04 Å².